The van der Waals surface area contributed by atoms with Gasteiger partial charge in [0.2, 0.25) is 0 Å². The van der Waals surface area contributed by atoms with Gasteiger partial charge in [0.1, 0.15) is 23.3 Å². The third kappa shape index (κ3) is 2.13. The molecule has 96 valence electrons. The first-order valence-electron chi connectivity index (χ1n) is 6.08. The Morgan fingerprint density at radius 1 is 1.11 bits per heavy atom. The number of aliphatic hydroxyl groups is 1. The molecule has 0 fully saturated rings. The van der Waals surface area contributed by atoms with Crippen LogP contribution in [-0.4, -0.2) is 5.11 Å². The van der Waals surface area contributed by atoms with Gasteiger partial charge in [0.05, 0.1) is 0 Å². The van der Waals surface area contributed by atoms with Crippen molar-refractivity contribution in [3.8, 4) is 0 Å². The third-order valence-corrected chi connectivity index (χ3v) is 3.24. The molecule has 1 unspecified atom stereocenters. The standard InChI is InChI=1S/C16H13FO2/c1-10-8-12(17)6-7-13(10)16(18)15-9-11-4-2-3-5-14(11)19-15/h2-9,16,18H,1H3. The topological polar surface area (TPSA) is 33.4 Å². The lowest BCUT2D eigenvalue weighted by Gasteiger charge is -2.11. The van der Waals surface area contributed by atoms with E-state index in [0.29, 0.717) is 16.9 Å². The molecule has 0 amide bonds. The van der Waals surface area contributed by atoms with Crippen LogP contribution in [0.5, 0.6) is 0 Å². The van der Waals surface area contributed by atoms with Crippen molar-refractivity contribution in [1.29, 1.82) is 0 Å². The minimum absolute atomic E-state index is 0.307. The summed E-state index contributed by atoms with van der Waals surface area (Å²) in [6.45, 7) is 1.77. The highest BCUT2D eigenvalue weighted by molar-refractivity contribution is 5.77. The van der Waals surface area contributed by atoms with Gasteiger partial charge in [0.25, 0.3) is 0 Å². The lowest BCUT2D eigenvalue weighted by molar-refractivity contribution is 0.191. The van der Waals surface area contributed by atoms with Gasteiger partial charge < -0.3 is 9.52 Å². The van der Waals surface area contributed by atoms with Gasteiger partial charge in [-0.3, -0.25) is 0 Å². The van der Waals surface area contributed by atoms with Crippen LogP contribution in [0.15, 0.2) is 52.9 Å². The van der Waals surface area contributed by atoms with Gasteiger partial charge in [-0.1, -0.05) is 24.3 Å². The van der Waals surface area contributed by atoms with Crippen LogP contribution in [0.4, 0.5) is 4.39 Å². The molecule has 0 aliphatic rings. The fraction of sp³-hybridized carbons (Fsp3) is 0.125. The largest absolute Gasteiger partial charge is 0.458 e. The molecule has 0 bridgehead atoms. The van der Waals surface area contributed by atoms with E-state index in [4.69, 9.17) is 4.42 Å². The van der Waals surface area contributed by atoms with E-state index in [2.05, 4.69) is 0 Å². The maximum atomic E-state index is 13.1. The van der Waals surface area contributed by atoms with Gasteiger partial charge in [-0.2, -0.15) is 0 Å². The Morgan fingerprint density at radius 2 is 1.89 bits per heavy atom. The molecule has 0 saturated carbocycles. The molecule has 0 radical (unpaired) electrons. The highest BCUT2D eigenvalue weighted by atomic mass is 19.1. The van der Waals surface area contributed by atoms with Gasteiger partial charge in [-0.05, 0) is 42.3 Å². The fourth-order valence-corrected chi connectivity index (χ4v) is 2.24. The molecule has 2 nitrogen and oxygen atoms in total. The number of aliphatic hydroxyl groups excluding tert-OH is 1. The molecule has 1 N–H and O–H groups in total. The number of para-hydroxylation sites is 1. The van der Waals surface area contributed by atoms with Crippen LogP contribution < -0.4 is 0 Å². The summed E-state index contributed by atoms with van der Waals surface area (Å²) in [6.07, 6.45) is -0.881. The van der Waals surface area contributed by atoms with Gasteiger partial charge in [-0.25, -0.2) is 4.39 Å². The summed E-state index contributed by atoms with van der Waals surface area (Å²) < 4.78 is 18.7. The predicted octanol–water partition coefficient (Wildman–Crippen LogP) is 3.96. The molecule has 3 aromatic rings. The second-order valence-corrected chi connectivity index (χ2v) is 4.59. The Morgan fingerprint density at radius 3 is 2.63 bits per heavy atom. The second kappa shape index (κ2) is 4.52. The van der Waals surface area contributed by atoms with Crippen LogP contribution in [0.1, 0.15) is 23.0 Å². The zero-order chi connectivity index (χ0) is 13.4. The first kappa shape index (κ1) is 11.9. The van der Waals surface area contributed by atoms with E-state index < -0.39 is 6.10 Å². The smallest absolute Gasteiger partial charge is 0.138 e. The first-order chi connectivity index (χ1) is 9.15. The van der Waals surface area contributed by atoms with Crippen molar-refractivity contribution in [1.82, 2.24) is 0 Å². The van der Waals surface area contributed by atoms with Crippen LogP contribution in [0.25, 0.3) is 11.0 Å². The molecule has 1 atom stereocenters. The van der Waals surface area contributed by atoms with Crippen LogP contribution in [0.2, 0.25) is 0 Å². The molecule has 19 heavy (non-hydrogen) atoms. The van der Waals surface area contributed by atoms with Crippen LogP contribution in [-0.2, 0) is 0 Å². The van der Waals surface area contributed by atoms with Crippen molar-refractivity contribution in [2.75, 3.05) is 0 Å². The quantitative estimate of drug-likeness (QED) is 0.752. The molecular formula is C16H13FO2. The van der Waals surface area contributed by atoms with Gasteiger partial charge in [0, 0.05) is 5.39 Å². The van der Waals surface area contributed by atoms with Crippen molar-refractivity contribution < 1.29 is 13.9 Å². The van der Waals surface area contributed by atoms with E-state index in [0.717, 1.165) is 11.0 Å². The lowest BCUT2D eigenvalue weighted by atomic mass is 10.0. The monoisotopic (exact) mass is 256 g/mol. The average molecular weight is 256 g/mol. The zero-order valence-corrected chi connectivity index (χ0v) is 10.4. The number of halogens is 1. The van der Waals surface area contributed by atoms with E-state index in [1.807, 2.05) is 30.3 Å². The number of benzene rings is 2. The van der Waals surface area contributed by atoms with Crippen molar-refractivity contribution in [2.45, 2.75) is 13.0 Å². The number of rotatable bonds is 2. The number of fused-ring (bicyclic) bond motifs is 1. The molecule has 3 rings (SSSR count). The Kier molecular flexibility index (Phi) is 2.84. The molecule has 0 aliphatic heterocycles. The number of hydrogen-bond donors (Lipinski definition) is 1. The summed E-state index contributed by atoms with van der Waals surface area (Å²) in [6, 6.07) is 13.7. The van der Waals surface area contributed by atoms with Crippen LogP contribution in [0.3, 0.4) is 0 Å². The summed E-state index contributed by atoms with van der Waals surface area (Å²) in [4.78, 5) is 0. The summed E-state index contributed by atoms with van der Waals surface area (Å²) in [5, 5.41) is 11.3. The number of aryl methyl sites for hydroxylation is 1. The minimum atomic E-state index is -0.881. The number of furan rings is 1. The van der Waals surface area contributed by atoms with E-state index >= 15 is 0 Å². The second-order valence-electron chi connectivity index (χ2n) is 4.59. The van der Waals surface area contributed by atoms with Crippen molar-refractivity contribution in [3.05, 3.63) is 71.2 Å². The van der Waals surface area contributed by atoms with Crippen molar-refractivity contribution in [2.24, 2.45) is 0 Å². The molecule has 0 aliphatic carbocycles. The lowest BCUT2D eigenvalue weighted by Crippen LogP contribution is -2.01. The molecule has 1 heterocycles. The summed E-state index contributed by atoms with van der Waals surface area (Å²) in [7, 11) is 0. The van der Waals surface area contributed by atoms with Crippen LogP contribution in [0, 0.1) is 12.7 Å². The fourth-order valence-electron chi connectivity index (χ4n) is 2.24. The Hall–Kier alpha value is -2.13. The normalized spacial score (nSPS) is 12.8. The molecule has 0 spiro atoms. The molecule has 3 heteroatoms. The molecule has 0 saturated heterocycles. The van der Waals surface area contributed by atoms with Crippen LogP contribution >= 0.6 is 0 Å². The molecular weight excluding hydrogens is 243 g/mol. The summed E-state index contributed by atoms with van der Waals surface area (Å²) in [5.74, 6) is 0.161. The minimum Gasteiger partial charge on any atom is -0.458 e. The van der Waals surface area contributed by atoms with Gasteiger partial charge >= 0.3 is 0 Å². The summed E-state index contributed by atoms with van der Waals surface area (Å²) in [5.41, 5.74) is 2.09. The molecule has 1 aromatic heterocycles. The maximum absolute atomic E-state index is 13.1. The third-order valence-electron chi connectivity index (χ3n) is 3.24. The Labute approximate surface area is 110 Å². The Bertz CT molecular complexity index is 697. The first-order valence-corrected chi connectivity index (χ1v) is 6.08. The average Bonchev–Trinajstić information content (AvgIpc) is 2.81. The SMILES string of the molecule is Cc1cc(F)ccc1C(O)c1cc2ccccc2o1. The van der Waals surface area contributed by atoms with E-state index in [1.165, 1.54) is 12.1 Å². The van der Waals surface area contributed by atoms with Crippen molar-refractivity contribution in [3.63, 3.8) is 0 Å². The predicted molar refractivity (Wildman–Crippen MR) is 71.4 cm³/mol. The van der Waals surface area contributed by atoms with Gasteiger partial charge in [0.15, 0.2) is 0 Å². The Balaban J connectivity index is 2.05. The van der Waals surface area contributed by atoms with E-state index in [1.54, 1.807) is 13.0 Å². The van der Waals surface area contributed by atoms with E-state index in [-0.39, 0.29) is 5.82 Å². The van der Waals surface area contributed by atoms with Gasteiger partial charge in [-0.15, -0.1) is 0 Å². The summed E-state index contributed by atoms with van der Waals surface area (Å²) >= 11 is 0. The number of hydrogen-bond acceptors (Lipinski definition) is 2. The van der Waals surface area contributed by atoms with E-state index in [9.17, 15) is 9.50 Å². The maximum Gasteiger partial charge on any atom is 0.138 e. The zero-order valence-electron chi connectivity index (χ0n) is 10.4. The highest BCUT2D eigenvalue weighted by Gasteiger charge is 2.17. The van der Waals surface area contributed by atoms with Crippen molar-refractivity contribution >= 4 is 11.0 Å². The molecule has 2 aromatic carbocycles. The highest BCUT2D eigenvalue weighted by Crippen LogP contribution is 2.29.